The highest BCUT2D eigenvalue weighted by Crippen LogP contribution is 2.31. The van der Waals surface area contributed by atoms with E-state index in [0.29, 0.717) is 0 Å². The van der Waals surface area contributed by atoms with Crippen LogP contribution in [0.25, 0.3) is 11.4 Å². The van der Waals surface area contributed by atoms with Gasteiger partial charge in [0.25, 0.3) is 0 Å². The Morgan fingerprint density at radius 3 is 2.69 bits per heavy atom. The average molecular weight is 214 g/mol. The molecule has 0 atom stereocenters. The van der Waals surface area contributed by atoms with Crippen LogP contribution < -0.4 is 0 Å². The van der Waals surface area contributed by atoms with Gasteiger partial charge >= 0.3 is 0 Å². The van der Waals surface area contributed by atoms with Crippen molar-refractivity contribution in [3.63, 3.8) is 0 Å². The first-order valence-electron chi connectivity index (χ1n) is 5.63. The van der Waals surface area contributed by atoms with Gasteiger partial charge in [0.2, 0.25) is 0 Å². The Morgan fingerprint density at radius 2 is 2.00 bits per heavy atom. The first kappa shape index (κ1) is 9.51. The summed E-state index contributed by atoms with van der Waals surface area (Å²) in [6.07, 6.45) is 10.3. The maximum atomic E-state index is 4.38. The molecule has 16 heavy (non-hydrogen) atoms. The lowest BCUT2D eigenvalue weighted by atomic mass is 10.3. The average Bonchev–Trinajstić information content (AvgIpc) is 2.97. The summed E-state index contributed by atoms with van der Waals surface area (Å²) in [6.45, 7) is 2.96. The highest BCUT2D eigenvalue weighted by molar-refractivity contribution is 5.52. The van der Waals surface area contributed by atoms with E-state index >= 15 is 0 Å². The van der Waals surface area contributed by atoms with Gasteiger partial charge in [-0.2, -0.15) is 0 Å². The zero-order valence-corrected chi connectivity index (χ0v) is 9.30. The van der Waals surface area contributed by atoms with Gasteiger partial charge in [0.15, 0.2) is 0 Å². The zero-order chi connectivity index (χ0) is 11.0. The van der Waals surface area contributed by atoms with Crippen LogP contribution in [-0.2, 0) is 6.54 Å². The number of imidazole rings is 1. The van der Waals surface area contributed by atoms with Crippen molar-refractivity contribution < 1.29 is 0 Å². The Balaban J connectivity index is 1.92. The van der Waals surface area contributed by atoms with Gasteiger partial charge < -0.3 is 4.57 Å². The Hall–Kier alpha value is -1.71. The Labute approximate surface area is 94.4 Å². The van der Waals surface area contributed by atoms with Gasteiger partial charge in [-0.3, -0.25) is 0 Å². The summed E-state index contributed by atoms with van der Waals surface area (Å²) in [4.78, 5) is 12.8. The molecule has 0 spiro atoms. The fraction of sp³-hybridized carbons (Fsp3) is 0.417. The van der Waals surface area contributed by atoms with Gasteiger partial charge in [0, 0.05) is 31.3 Å². The van der Waals surface area contributed by atoms with Gasteiger partial charge in [-0.25, -0.2) is 15.0 Å². The number of rotatable bonds is 3. The quantitative estimate of drug-likeness (QED) is 0.785. The monoisotopic (exact) mass is 214 g/mol. The van der Waals surface area contributed by atoms with Crippen LogP contribution in [0.15, 0.2) is 24.8 Å². The summed E-state index contributed by atoms with van der Waals surface area (Å²) >= 11 is 0. The number of aromatic nitrogens is 4. The molecule has 0 bridgehead atoms. The largest absolute Gasteiger partial charge is 0.331 e. The standard InChI is InChI=1S/C12H14N4/c1-9-14-6-11(7-15-9)12-13-4-5-16(12)8-10-2-3-10/h4-7,10H,2-3,8H2,1H3. The second-order valence-electron chi connectivity index (χ2n) is 4.37. The maximum Gasteiger partial charge on any atom is 0.143 e. The molecule has 0 N–H and O–H groups in total. The topological polar surface area (TPSA) is 43.6 Å². The summed E-state index contributed by atoms with van der Waals surface area (Å²) < 4.78 is 2.20. The molecular formula is C12H14N4. The van der Waals surface area contributed by atoms with Crippen LogP contribution in [0.5, 0.6) is 0 Å². The highest BCUT2D eigenvalue weighted by Gasteiger charge is 2.22. The van der Waals surface area contributed by atoms with Crippen LogP contribution in [0.3, 0.4) is 0 Å². The molecule has 2 aromatic heterocycles. The second-order valence-corrected chi connectivity index (χ2v) is 4.37. The molecule has 0 radical (unpaired) electrons. The number of hydrogen-bond donors (Lipinski definition) is 0. The lowest BCUT2D eigenvalue weighted by molar-refractivity contribution is 0.632. The molecule has 82 valence electrons. The normalized spacial score (nSPS) is 15.3. The molecule has 3 rings (SSSR count). The molecule has 4 heteroatoms. The fourth-order valence-corrected chi connectivity index (χ4v) is 1.80. The van der Waals surface area contributed by atoms with Crippen LogP contribution in [0.2, 0.25) is 0 Å². The molecule has 2 aromatic rings. The van der Waals surface area contributed by atoms with Gasteiger partial charge in [0.1, 0.15) is 11.6 Å². The van der Waals surface area contributed by atoms with Crippen molar-refractivity contribution >= 4 is 0 Å². The summed E-state index contributed by atoms with van der Waals surface area (Å²) in [7, 11) is 0. The molecule has 0 amide bonds. The summed E-state index contributed by atoms with van der Waals surface area (Å²) in [5.74, 6) is 2.62. The lowest BCUT2D eigenvalue weighted by Gasteiger charge is -2.06. The van der Waals surface area contributed by atoms with Crippen molar-refractivity contribution in [3.05, 3.63) is 30.6 Å². The Bertz CT molecular complexity index is 482. The summed E-state index contributed by atoms with van der Waals surface area (Å²) in [6, 6.07) is 0. The van der Waals surface area contributed by atoms with Crippen molar-refractivity contribution in [2.24, 2.45) is 5.92 Å². The third-order valence-corrected chi connectivity index (χ3v) is 2.91. The lowest BCUT2D eigenvalue weighted by Crippen LogP contribution is -2.01. The first-order chi connectivity index (χ1) is 7.83. The SMILES string of the molecule is Cc1ncc(-c2nccn2CC2CC2)cn1. The summed E-state index contributed by atoms with van der Waals surface area (Å²) in [5.41, 5.74) is 0.997. The number of aryl methyl sites for hydroxylation is 1. The highest BCUT2D eigenvalue weighted by atomic mass is 15.1. The molecule has 1 aliphatic carbocycles. The Kier molecular flexibility index (Phi) is 2.20. The number of nitrogens with zero attached hydrogens (tertiary/aromatic N) is 4. The fourth-order valence-electron chi connectivity index (χ4n) is 1.80. The second kappa shape index (κ2) is 3.70. The molecule has 4 nitrogen and oxygen atoms in total. The molecule has 0 aliphatic heterocycles. The minimum Gasteiger partial charge on any atom is -0.331 e. The molecule has 0 aromatic carbocycles. The molecule has 0 unspecified atom stereocenters. The van der Waals surface area contributed by atoms with Crippen LogP contribution in [0.1, 0.15) is 18.7 Å². The third-order valence-electron chi connectivity index (χ3n) is 2.91. The molecule has 1 fully saturated rings. The van der Waals surface area contributed by atoms with E-state index in [1.807, 2.05) is 31.7 Å². The van der Waals surface area contributed by atoms with Gasteiger partial charge in [0.05, 0.1) is 5.56 Å². The van der Waals surface area contributed by atoms with Crippen molar-refractivity contribution in [1.29, 1.82) is 0 Å². The minimum atomic E-state index is 0.795. The van der Waals surface area contributed by atoms with E-state index in [0.717, 1.165) is 29.7 Å². The van der Waals surface area contributed by atoms with Crippen LogP contribution in [0, 0.1) is 12.8 Å². The molecule has 2 heterocycles. The first-order valence-corrected chi connectivity index (χ1v) is 5.63. The molecule has 1 aliphatic rings. The Morgan fingerprint density at radius 1 is 1.25 bits per heavy atom. The van der Waals surface area contributed by atoms with Crippen molar-refractivity contribution in [3.8, 4) is 11.4 Å². The van der Waals surface area contributed by atoms with Crippen LogP contribution in [0.4, 0.5) is 0 Å². The zero-order valence-electron chi connectivity index (χ0n) is 9.30. The van der Waals surface area contributed by atoms with Crippen molar-refractivity contribution in [2.45, 2.75) is 26.3 Å². The van der Waals surface area contributed by atoms with E-state index in [1.165, 1.54) is 12.8 Å². The van der Waals surface area contributed by atoms with Crippen molar-refractivity contribution in [1.82, 2.24) is 19.5 Å². The molecule has 0 saturated heterocycles. The van der Waals surface area contributed by atoms with E-state index < -0.39 is 0 Å². The van der Waals surface area contributed by atoms with E-state index in [2.05, 4.69) is 19.5 Å². The van der Waals surface area contributed by atoms with E-state index in [9.17, 15) is 0 Å². The molecule has 1 saturated carbocycles. The van der Waals surface area contributed by atoms with Crippen molar-refractivity contribution in [2.75, 3.05) is 0 Å². The smallest absolute Gasteiger partial charge is 0.143 e. The number of hydrogen-bond acceptors (Lipinski definition) is 3. The predicted octanol–water partition coefficient (Wildman–Crippen LogP) is 2.06. The van der Waals surface area contributed by atoms with E-state index in [-0.39, 0.29) is 0 Å². The summed E-state index contributed by atoms with van der Waals surface area (Å²) in [5, 5.41) is 0. The maximum absolute atomic E-state index is 4.38. The predicted molar refractivity (Wildman–Crippen MR) is 60.7 cm³/mol. The molecular weight excluding hydrogens is 200 g/mol. The van der Waals surface area contributed by atoms with Gasteiger partial charge in [-0.15, -0.1) is 0 Å². The van der Waals surface area contributed by atoms with Gasteiger partial charge in [-0.1, -0.05) is 0 Å². The third kappa shape index (κ3) is 1.83. The van der Waals surface area contributed by atoms with E-state index in [1.54, 1.807) is 0 Å². The van der Waals surface area contributed by atoms with Crippen LogP contribution >= 0.6 is 0 Å². The van der Waals surface area contributed by atoms with Gasteiger partial charge in [-0.05, 0) is 25.7 Å². The van der Waals surface area contributed by atoms with E-state index in [4.69, 9.17) is 0 Å². The van der Waals surface area contributed by atoms with Crippen LogP contribution in [-0.4, -0.2) is 19.5 Å². The minimum absolute atomic E-state index is 0.795.